The highest BCUT2D eigenvalue weighted by atomic mass is 35.5. The zero-order valence-corrected chi connectivity index (χ0v) is 11.4. The highest BCUT2D eigenvalue weighted by molar-refractivity contribution is 6.34. The second kappa shape index (κ2) is 5.85. The molecule has 8 heteroatoms. The fourth-order valence-electron chi connectivity index (χ4n) is 1.44. The molecule has 0 aliphatic carbocycles. The topological polar surface area (TPSA) is 98.0 Å². The van der Waals surface area contributed by atoms with E-state index in [0.717, 1.165) is 0 Å². The van der Waals surface area contributed by atoms with E-state index in [1.807, 2.05) is 0 Å². The highest BCUT2D eigenvalue weighted by Crippen LogP contribution is 2.21. The molecule has 1 heterocycles. The Labute approximate surface area is 123 Å². The van der Waals surface area contributed by atoms with Crippen LogP contribution in [0.25, 0.3) is 0 Å². The van der Waals surface area contributed by atoms with Crippen molar-refractivity contribution >= 4 is 40.7 Å². The molecule has 2 aromatic rings. The third kappa shape index (κ3) is 3.23. The van der Waals surface area contributed by atoms with Crippen molar-refractivity contribution in [2.24, 2.45) is 5.73 Å². The normalized spacial score (nSPS) is 10.1. The number of nitrogens with two attached hydrogens (primary N) is 1. The first kappa shape index (κ1) is 14.2. The predicted molar refractivity (Wildman–Crippen MR) is 75.0 cm³/mol. The average Bonchev–Trinajstić information content (AvgIpc) is 2.38. The van der Waals surface area contributed by atoms with Crippen molar-refractivity contribution in [2.45, 2.75) is 0 Å². The van der Waals surface area contributed by atoms with E-state index >= 15 is 0 Å². The summed E-state index contributed by atoms with van der Waals surface area (Å²) in [6.45, 7) is 0. The van der Waals surface area contributed by atoms with E-state index in [2.05, 4.69) is 15.3 Å². The van der Waals surface area contributed by atoms with Crippen molar-refractivity contribution in [3.05, 3.63) is 52.0 Å². The Morgan fingerprint density at radius 1 is 1.20 bits per heavy atom. The van der Waals surface area contributed by atoms with Gasteiger partial charge in [-0.15, -0.1) is 0 Å². The molecule has 0 aliphatic rings. The van der Waals surface area contributed by atoms with E-state index in [-0.39, 0.29) is 21.4 Å². The average molecular weight is 311 g/mol. The van der Waals surface area contributed by atoms with Crippen LogP contribution in [-0.2, 0) is 0 Å². The largest absolute Gasteiger partial charge is 0.366 e. The van der Waals surface area contributed by atoms with Gasteiger partial charge in [0.15, 0.2) is 0 Å². The number of anilines is 1. The molecule has 0 atom stereocenters. The minimum Gasteiger partial charge on any atom is -0.366 e. The van der Waals surface area contributed by atoms with Crippen LogP contribution in [0.5, 0.6) is 0 Å². The maximum absolute atomic E-state index is 11.9. The highest BCUT2D eigenvalue weighted by Gasteiger charge is 2.11. The summed E-state index contributed by atoms with van der Waals surface area (Å²) >= 11 is 11.5. The van der Waals surface area contributed by atoms with Crippen LogP contribution in [-0.4, -0.2) is 21.8 Å². The standard InChI is InChI=1S/C12H8Cl2N4O2/c13-8-3-6(1-2-7(8)11(15)19)17-12(20)9-4-16-5-10(14)18-9/h1-5H,(H2,15,19)(H,17,20). The third-order valence-corrected chi connectivity index (χ3v) is 2.83. The minimum absolute atomic E-state index is 0.0626. The van der Waals surface area contributed by atoms with Gasteiger partial charge in [0.05, 0.1) is 23.0 Å². The molecule has 3 N–H and O–H groups in total. The van der Waals surface area contributed by atoms with Crippen LogP contribution in [0, 0.1) is 0 Å². The maximum Gasteiger partial charge on any atom is 0.275 e. The Bertz CT molecular complexity index is 691. The Hall–Kier alpha value is -2.18. The van der Waals surface area contributed by atoms with Gasteiger partial charge < -0.3 is 11.1 Å². The summed E-state index contributed by atoms with van der Waals surface area (Å²) in [6.07, 6.45) is 2.59. The number of carbonyl (C=O) groups is 2. The lowest BCUT2D eigenvalue weighted by Gasteiger charge is -2.06. The lowest BCUT2D eigenvalue weighted by Crippen LogP contribution is -2.15. The van der Waals surface area contributed by atoms with E-state index in [4.69, 9.17) is 28.9 Å². The SMILES string of the molecule is NC(=O)c1ccc(NC(=O)c2cncc(Cl)n2)cc1Cl. The molecule has 1 aromatic carbocycles. The van der Waals surface area contributed by atoms with Crippen LogP contribution in [0.1, 0.15) is 20.8 Å². The van der Waals surface area contributed by atoms with E-state index in [1.54, 1.807) is 0 Å². The molecule has 0 radical (unpaired) electrons. The first-order valence-corrected chi connectivity index (χ1v) is 6.11. The van der Waals surface area contributed by atoms with Crippen molar-refractivity contribution in [1.82, 2.24) is 9.97 Å². The van der Waals surface area contributed by atoms with Gasteiger partial charge in [0.1, 0.15) is 10.8 Å². The molecule has 0 aliphatic heterocycles. The number of halogens is 2. The van der Waals surface area contributed by atoms with Gasteiger partial charge in [-0.2, -0.15) is 0 Å². The van der Waals surface area contributed by atoms with Crippen molar-refractivity contribution in [2.75, 3.05) is 5.32 Å². The van der Waals surface area contributed by atoms with Gasteiger partial charge in [-0.3, -0.25) is 14.6 Å². The van der Waals surface area contributed by atoms with Crippen LogP contribution in [0.3, 0.4) is 0 Å². The third-order valence-electron chi connectivity index (χ3n) is 2.33. The van der Waals surface area contributed by atoms with E-state index in [0.29, 0.717) is 5.69 Å². The van der Waals surface area contributed by atoms with Crippen LogP contribution in [0.2, 0.25) is 10.2 Å². The number of hydrogen-bond donors (Lipinski definition) is 2. The monoisotopic (exact) mass is 310 g/mol. The van der Waals surface area contributed by atoms with Crippen molar-refractivity contribution in [3.63, 3.8) is 0 Å². The molecule has 102 valence electrons. The van der Waals surface area contributed by atoms with Gasteiger partial charge >= 0.3 is 0 Å². The van der Waals surface area contributed by atoms with Crippen LogP contribution < -0.4 is 11.1 Å². The molecular weight excluding hydrogens is 303 g/mol. The van der Waals surface area contributed by atoms with Crippen molar-refractivity contribution in [1.29, 1.82) is 0 Å². The Morgan fingerprint density at radius 3 is 2.55 bits per heavy atom. The molecule has 0 bridgehead atoms. The fourth-order valence-corrected chi connectivity index (χ4v) is 1.86. The summed E-state index contributed by atoms with van der Waals surface area (Å²) in [5.41, 5.74) is 5.76. The van der Waals surface area contributed by atoms with Gasteiger partial charge in [-0.25, -0.2) is 4.98 Å². The summed E-state index contributed by atoms with van der Waals surface area (Å²) in [6, 6.07) is 4.34. The van der Waals surface area contributed by atoms with Crippen LogP contribution in [0.4, 0.5) is 5.69 Å². The van der Waals surface area contributed by atoms with Gasteiger partial charge in [0.25, 0.3) is 5.91 Å². The summed E-state index contributed by atoms with van der Waals surface area (Å²) in [5.74, 6) is -1.14. The zero-order valence-electron chi connectivity index (χ0n) is 9.93. The van der Waals surface area contributed by atoms with E-state index in [9.17, 15) is 9.59 Å². The number of nitrogens with zero attached hydrogens (tertiary/aromatic N) is 2. The molecule has 0 saturated carbocycles. The number of rotatable bonds is 3. The molecule has 2 rings (SSSR count). The number of aromatic nitrogens is 2. The molecular formula is C12H8Cl2N4O2. The Kier molecular flexibility index (Phi) is 4.16. The molecule has 20 heavy (non-hydrogen) atoms. The fraction of sp³-hybridized carbons (Fsp3) is 0. The van der Waals surface area contributed by atoms with Crippen molar-refractivity contribution < 1.29 is 9.59 Å². The van der Waals surface area contributed by atoms with Gasteiger partial charge in [0.2, 0.25) is 5.91 Å². The first-order valence-electron chi connectivity index (χ1n) is 5.35. The second-order valence-corrected chi connectivity index (χ2v) is 4.53. The summed E-state index contributed by atoms with van der Waals surface area (Å²) < 4.78 is 0. The quantitative estimate of drug-likeness (QED) is 0.907. The zero-order chi connectivity index (χ0) is 14.7. The predicted octanol–water partition coefficient (Wildman–Crippen LogP) is 2.13. The second-order valence-electron chi connectivity index (χ2n) is 3.74. The van der Waals surface area contributed by atoms with Crippen LogP contribution in [0.15, 0.2) is 30.6 Å². The smallest absolute Gasteiger partial charge is 0.275 e. The van der Waals surface area contributed by atoms with Crippen molar-refractivity contribution in [3.8, 4) is 0 Å². The molecule has 0 unspecified atom stereocenters. The van der Waals surface area contributed by atoms with E-state index in [1.165, 1.54) is 30.6 Å². The van der Waals surface area contributed by atoms with Gasteiger partial charge in [-0.1, -0.05) is 23.2 Å². The Morgan fingerprint density at radius 2 is 1.95 bits per heavy atom. The number of carbonyl (C=O) groups excluding carboxylic acids is 2. The van der Waals surface area contributed by atoms with Gasteiger partial charge in [-0.05, 0) is 18.2 Å². The maximum atomic E-state index is 11.9. The number of benzene rings is 1. The summed E-state index contributed by atoms with van der Waals surface area (Å²) in [4.78, 5) is 30.5. The summed E-state index contributed by atoms with van der Waals surface area (Å²) in [7, 11) is 0. The first-order chi connectivity index (χ1) is 9.47. The van der Waals surface area contributed by atoms with E-state index < -0.39 is 11.8 Å². The molecule has 0 spiro atoms. The molecule has 6 nitrogen and oxygen atoms in total. The lowest BCUT2D eigenvalue weighted by atomic mass is 10.2. The molecule has 0 fully saturated rings. The van der Waals surface area contributed by atoms with Gasteiger partial charge in [0, 0.05) is 5.69 Å². The minimum atomic E-state index is -0.645. The number of primary amides is 1. The molecule has 2 amide bonds. The molecule has 0 saturated heterocycles. The van der Waals surface area contributed by atoms with Crippen LogP contribution >= 0.6 is 23.2 Å². The summed E-state index contributed by atoms with van der Waals surface area (Å²) in [5, 5.41) is 2.81. The number of hydrogen-bond acceptors (Lipinski definition) is 4. The molecule has 1 aromatic heterocycles. The number of nitrogens with one attached hydrogen (secondary N) is 1. The number of amides is 2. The Balaban J connectivity index is 2.20. The lowest BCUT2D eigenvalue weighted by molar-refractivity contribution is 0.0998.